The first-order chi connectivity index (χ1) is 11.5. The number of halogens is 1. The fourth-order valence-corrected chi connectivity index (χ4v) is 1.76. The fraction of sp³-hybridized carbons (Fsp3) is 0.0625. The van der Waals surface area contributed by atoms with Gasteiger partial charge in [-0.2, -0.15) is 5.10 Å². The van der Waals surface area contributed by atoms with Crippen molar-refractivity contribution in [3.8, 4) is 11.5 Å². The lowest BCUT2D eigenvalue weighted by atomic mass is 10.2. The second kappa shape index (κ2) is 7.73. The van der Waals surface area contributed by atoms with Crippen LogP contribution in [0.15, 0.2) is 47.6 Å². The molecule has 2 rings (SSSR count). The number of phenols is 2. The molecule has 0 saturated carbocycles. The van der Waals surface area contributed by atoms with E-state index in [1.807, 2.05) is 0 Å². The number of phenolic OH excluding ortho intramolecular Hbond substituents is 2. The van der Waals surface area contributed by atoms with E-state index in [1.165, 1.54) is 36.5 Å². The molecule has 7 nitrogen and oxygen atoms in total. The summed E-state index contributed by atoms with van der Waals surface area (Å²) < 4.78 is 13.4. The fourth-order valence-electron chi connectivity index (χ4n) is 1.76. The highest BCUT2D eigenvalue weighted by Gasteiger charge is 2.11. The minimum absolute atomic E-state index is 0.107. The van der Waals surface area contributed by atoms with Crippen molar-refractivity contribution >= 4 is 18.0 Å². The molecule has 0 aliphatic rings. The van der Waals surface area contributed by atoms with Crippen LogP contribution in [0.25, 0.3) is 0 Å². The van der Waals surface area contributed by atoms with Crippen molar-refractivity contribution in [1.29, 1.82) is 0 Å². The van der Waals surface area contributed by atoms with Crippen molar-refractivity contribution in [1.82, 2.24) is 10.7 Å². The smallest absolute Gasteiger partial charge is 0.259 e. The minimum Gasteiger partial charge on any atom is -0.508 e. The number of nitrogens with zero attached hydrogens (tertiary/aromatic N) is 1. The molecule has 0 fully saturated rings. The Bertz CT molecular complexity index is 793. The van der Waals surface area contributed by atoms with Gasteiger partial charge in [0.15, 0.2) is 0 Å². The van der Waals surface area contributed by atoms with E-state index in [2.05, 4.69) is 15.8 Å². The minimum atomic E-state index is -0.719. The number of hydrogen-bond acceptors (Lipinski definition) is 5. The SMILES string of the molecule is O=C(CNC(=O)c1ccccc1F)N/N=C\c1ccc(O)cc1O. The van der Waals surface area contributed by atoms with Crippen LogP contribution < -0.4 is 10.7 Å². The van der Waals surface area contributed by atoms with Crippen LogP contribution in [0.4, 0.5) is 4.39 Å². The zero-order chi connectivity index (χ0) is 17.5. The molecule has 0 aliphatic heterocycles. The van der Waals surface area contributed by atoms with E-state index in [-0.39, 0.29) is 22.6 Å². The maximum atomic E-state index is 13.4. The molecule has 0 saturated heterocycles. The number of benzene rings is 2. The van der Waals surface area contributed by atoms with Crippen LogP contribution in [-0.4, -0.2) is 34.8 Å². The van der Waals surface area contributed by atoms with Gasteiger partial charge >= 0.3 is 0 Å². The zero-order valence-electron chi connectivity index (χ0n) is 12.4. The Morgan fingerprint density at radius 3 is 2.62 bits per heavy atom. The lowest BCUT2D eigenvalue weighted by molar-refractivity contribution is -0.120. The monoisotopic (exact) mass is 331 g/mol. The molecule has 0 aliphatic carbocycles. The normalized spacial score (nSPS) is 10.5. The quantitative estimate of drug-likeness (QED) is 0.486. The summed E-state index contributed by atoms with van der Waals surface area (Å²) in [6, 6.07) is 9.27. The van der Waals surface area contributed by atoms with Crippen molar-refractivity contribution in [2.24, 2.45) is 5.10 Å². The Hall–Kier alpha value is -3.42. The summed E-state index contributed by atoms with van der Waals surface area (Å²) in [6.07, 6.45) is 1.17. The molecule has 24 heavy (non-hydrogen) atoms. The molecule has 0 aromatic heterocycles. The van der Waals surface area contributed by atoms with Gasteiger partial charge < -0.3 is 15.5 Å². The van der Waals surface area contributed by atoms with E-state index in [1.54, 1.807) is 0 Å². The number of rotatable bonds is 5. The summed E-state index contributed by atoms with van der Waals surface area (Å²) in [5.74, 6) is -2.35. The van der Waals surface area contributed by atoms with Crippen molar-refractivity contribution in [2.45, 2.75) is 0 Å². The number of nitrogens with one attached hydrogen (secondary N) is 2. The van der Waals surface area contributed by atoms with Crippen LogP contribution >= 0.6 is 0 Å². The Morgan fingerprint density at radius 2 is 1.92 bits per heavy atom. The molecule has 2 aromatic rings. The van der Waals surface area contributed by atoms with Gasteiger partial charge in [-0.3, -0.25) is 9.59 Å². The van der Waals surface area contributed by atoms with E-state index in [9.17, 15) is 19.1 Å². The van der Waals surface area contributed by atoms with Crippen LogP contribution in [-0.2, 0) is 4.79 Å². The van der Waals surface area contributed by atoms with Crippen LogP contribution in [0.3, 0.4) is 0 Å². The largest absolute Gasteiger partial charge is 0.508 e. The number of amides is 2. The van der Waals surface area contributed by atoms with Gasteiger partial charge in [0.05, 0.1) is 18.3 Å². The first kappa shape index (κ1) is 16.9. The Morgan fingerprint density at radius 1 is 1.17 bits per heavy atom. The highest BCUT2D eigenvalue weighted by atomic mass is 19.1. The van der Waals surface area contributed by atoms with Gasteiger partial charge in [0.2, 0.25) is 0 Å². The maximum absolute atomic E-state index is 13.4. The molecule has 0 heterocycles. The number of aromatic hydroxyl groups is 2. The molecule has 124 valence electrons. The predicted octanol–water partition coefficient (Wildman–Crippen LogP) is 1.12. The summed E-state index contributed by atoms with van der Waals surface area (Å²) in [6.45, 7) is -0.397. The number of carbonyl (C=O) groups excluding carboxylic acids is 2. The molecular formula is C16H14FN3O4. The van der Waals surface area contributed by atoms with Crippen LogP contribution in [0.5, 0.6) is 11.5 Å². The van der Waals surface area contributed by atoms with Crippen molar-refractivity contribution in [3.63, 3.8) is 0 Å². The molecule has 2 aromatic carbocycles. The van der Waals surface area contributed by atoms with E-state index < -0.39 is 24.2 Å². The van der Waals surface area contributed by atoms with Crippen LogP contribution in [0.1, 0.15) is 15.9 Å². The Kier molecular flexibility index (Phi) is 5.45. The molecular weight excluding hydrogens is 317 g/mol. The average Bonchev–Trinajstić information content (AvgIpc) is 2.55. The molecule has 2 amide bonds. The summed E-state index contributed by atoms with van der Waals surface area (Å²) in [5.41, 5.74) is 2.26. The van der Waals surface area contributed by atoms with Gasteiger partial charge in [0.1, 0.15) is 17.3 Å². The third-order valence-electron chi connectivity index (χ3n) is 2.93. The van der Waals surface area contributed by atoms with E-state index in [4.69, 9.17) is 5.11 Å². The van der Waals surface area contributed by atoms with Gasteiger partial charge in [-0.05, 0) is 24.3 Å². The van der Waals surface area contributed by atoms with Crippen LogP contribution in [0.2, 0.25) is 0 Å². The summed E-state index contributed by atoms with van der Waals surface area (Å²) in [4.78, 5) is 23.3. The Balaban J connectivity index is 1.84. The zero-order valence-corrected chi connectivity index (χ0v) is 12.4. The molecule has 0 atom stereocenters. The third kappa shape index (κ3) is 4.54. The predicted molar refractivity (Wildman–Crippen MR) is 84.2 cm³/mol. The van der Waals surface area contributed by atoms with Crippen molar-refractivity contribution in [2.75, 3.05) is 6.54 Å². The molecule has 8 heteroatoms. The lowest BCUT2D eigenvalue weighted by Gasteiger charge is -2.05. The van der Waals surface area contributed by atoms with Crippen LogP contribution in [0, 0.1) is 5.82 Å². The highest BCUT2D eigenvalue weighted by molar-refractivity contribution is 5.96. The molecule has 0 unspecified atom stereocenters. The Labute approximate surface area is 136 Å². The van der Waals surface area contributed by atoms with E-state index in [0.29, 0.717) is 0 Å². The third-order valence-corrected chi connectivity index (χ3v) is 2.93. The van der Waals surface area contributed by atoms with E-state index in [0.717, 1.165) is 12.1 Å². The number of carbonyl (C=O) groups is 2. The second-order valence-electron chi connectivity index (χ2n) is 4.70. The topological polar surface area (TPSA) is 111 Å². The number of hydrazone groups is 1. The van der Waals surface area contributed by atoms with Crippen molar-refractivity contribution < 1.29 is 24.2 Å². The molecule has 4 N–H and O–H groups in total. The van der Waals surface area contributed by atoms with Gasteiger partial charge in [0.25, 0.3) is 11.8 Å². The molecule has 0 bridgehead atoms. The average molecular weight is 331 g/mol. The van der Waals surface area contributed by atoms with E-state index >= 15 is 0 Å². The first-order valence-electron chi connectivity index (χ1n) is 6.84. The lowest BCUT2D eigenvalue weighted by Crippen LogP contribution is -2.35. The van der Waals surface area contributed by atoms with Gasteiger partial charge in [-0.1, -0.05) is 12.1 Å². The molecule has 0 radical (unpaired) electrons. The summed E-state index contributed by atoms with van der Waals surface area (Å²) in [7, 11) is 0. The standard InChI is InChI=1S/C16H14FN3O4/c17-13-4-2-1-3-12(13)16(24)18-9-15(23)20-19-8-10-5-6-11(21)7-14(10)22/h1-8,21-22H,9H2,(H,18,24)(H,20,23)/b19-8-. The summed E-state index contributed by atoms with van der Waals surface area (Å²) in [5, 5.41) is 24.5. The first-order valence-corrected chi connectivity index (χ1v) is 6.84. The van der Waals surface area contributed by atoms with Crippen molar-refractivity contribution in [3.05, 3.63) is 59.4 Å². The summed E-state index contributed by atoms with van der Waals surface area (Å²) >= 11 is 0. The second-order valence-corrected chi connectivity index (χ2v) is 4.70. The van der Waals surface area contributed by atoms with Gasteiger partial charge in [0, 0.05) is 11.6 Å². The maximum Gasteiger partial charge on any atom is 0.259 e. The van der Waals surface area contributed by atoms with Gasteiger partial charge in [-0.15, -0.1) is 0 Å². The number of hydrogen-bond donors (Lipinski definition) is 4. The van der Waals surface area contributed by atoms with Gasteiger partial charge in [-0.25, -0.2) is 9.82 Å². The molecule has 0 spiro atoms. The highest BCUT2D eigenvalue weighted by Crippen LogP contribution is 2.20.